The number of carbonyl (C=O) groups is 1. The van der Waals surface area contributed by atoms with Crippen molar-refractivity contribution in [2.75, 3.05) is 0 Å². The summed E-state index contributed by atoms with van der Waals surface area (Å²) in [5.41, 5.74) is 4.49. The van der Waals surface area contributed by atoms with E-state index < -0.39 is 0 Å². The predicted octanol–water partition coefficient (Wildman–Crippen LogP) is 3.99. The summed E-state index contributed by atoms with van der Waals surface area (Å²) >= 11 is 6.68. The van der Waals surface area contributed by atoms with Gasteiger partial charge in [-0.25, -0.2) is 5.43 Å². The molecule has 0 aliphatic rings. The number of benzene rings is 2. The van der Waals surface area contributed by atoms with Crippen molar-refractivity contribution < 1.29 is 9.90 Å². The maximum atomic E-state index is 11.9. The van der Waals surface area contributed by atoms with Crippen LogP contribution in [-0.2, 0) is 0 Å². The van der Waals surface area contributed by atoms with Gasteiger partial charge in [-0.15, -0.1) is 0 Å². The molecule has 0 aliphatic carbocycles. The van der Waals surface area contributed by atoms with Gasteiger partial charge in [0.2, 0.25) is 0 Å². The smallest absolute Gasteiger partial charge is 0.271 e. The fourth-order valence-electron chi connectivity index (χ4n) is 1.59. The lowest BCUT2D eigenvalue weighted by atomic mass is 10.1. The van der Waals surface area contributed by atoms with E-state index in [1.54, 1.807) is 30.3 Å². The molecule has 0 aromatic heterocycles. The zero-order chi connectivity index (χ0) is 15.4. The Morgan fingerprint density at radius 2 is 2.00 bits per heavy atom. The van der Waals surface area contributed by atoms with Crippen molar-refractivity contribution in [3.8, 4) is 5.75 Å². The van der Waals surface area contributed by atoms with Crippen LogP contribution in [0.1, 0.15) is 21.5 Å². The first-order chi connectivity index (χ1) is 9.97. The maximum Gasteiger partial charge on any atom is 0.271 e. The third-order valence-corrected chi connectivity index (χ3v) is 4.14. The van der Waals surface area contributed by atoms with E-state index in [-0.39, 0.29) is 11.7 Å². The number of nitrogens with zero attached hydrogens (tertiary/aromatic N) is 1. The number of nitrogens with one attached hydrogen (secondary N) is 1. The van der Waals surface area contributed by atoms with Crippen LogP contribution in [0.15, 0.2) is 50.4 Å². The highest BCUT2D eigenvalue weighted by atomic mass is 79.9. The second-order valence-electron chi connectivity index (χ2n) is 4.37. The van der Waals surface area contributed by atoms with Crippen molar-refractivity contribution in [3.05, 3.63) is 62.0 Å². The second-order valence-corrected chi connectivity index (χ2v) is 6.14. The summed E-state index contributed by atoms with van der Waals surface area (Å²) in [5, 5.41) is 13.5. The van der Waals surface area contributed by atoms with Crippen LogP contribution < -0.4 is 5.43 Å². The molecule has 0 unspecified atom stereocenters. The molecule has 4 nitrogen and oxygen atoms in total. The van der Waals surface area contributed by atoms with Gasteiger partial charge in [0.15, 0.2) is 0 Å². The van der Waals surface area contributed by atoms with E-state index in [4.69, 9.17) is 0 Å². The Labute approximate surface area is 139 Å². The van der Waals surface area contributed by atoms with Crippen molar-refractivity contribution in [3.63, 3.8) is 0 Å². The molecular formula is C15H12Br2N2O2. The molecule has 2 N–H and O–H groups in total. The number of rotatable bonds is 3. The molecule has 2 rings (SSSR count). The number of aryl methyl sites for hydroxylation is 1. The van der Waals surface area contributed by atoms with Crippen LogP contribution in [-0.4, -0.2) is 17.2 Å². The predicted molar refractivity (Wildman–Crippen MR) is 89.7 cm³/mol. The molecule has 0 fully saturated rings. The van der Waals surface area contributed by atoms with Gasteiger partial charge in [-0.3, -0.25) is 4.79 Å². The van der Waals surface area contributed by atoms with Crippen LogP contribution in [0.4, 0.5) is 0 Å². The van der Waals surface area contributed by atoms with E-state index in [9.17, 15) is 9.90 Å². The second kappa shape index (κ2) is 6.87. The summed E-state index contributed by atoms with van der Waals surface area (Å²) in [6.45, 7) is 1.94. The number of hydrogen-bond acceptors (Lipinski definition) is 3. The molecule has 2 aromatic rings. The molecule has 0 saturated carbocycles. The molecule has 2 aromatic carbocycles. The Kier molecular flexibility index (Phi) is 5.14. The number of carbonyl (C=O) groups excluding carboxylic acids is 1. The first-order valence-corrected chi connectivity index (χ1v) is 7.64. The third kappa shape index (κ3) is 4.15. The van der Waals surface area contributed by atoms with Crippen LogP contribution in [0.3, 0.4) is 0 Å². The van der Waals surface area contributed by atoms with E-state index in [0.717, 1.165) is 14.5 Å². The standard InChI is InChI=1S/C15H12Br2N2O2/c1-9-2-3-10(7-13(9)17)15(21)19-18-8-11-6-12(16)4-5-14(11)20/h2-8,20H,1H3,(H,19,21). The minimum absolute atomic E-state index is 0.0919. The van der Waals surface area contributed by atoms with E-state index >= 15 is 0 Å². The Morgan fingerprint density at radius 1 is 1.24 bits per heavy atom. The number of hydrazone groups is 1. The zero-order valence-corrected chi connectivity index (χ0v) is 14.3. The van der Waals surface area contributed by atoms with E-state index in [1.807, 2.05) is 13.0 Å². The normalized spacial score (nSPS) is 10.8. The van der Waals surface area contributed by atoms with Gasteiger partial charge in [0.25, 0.3) is 5.91 Å². The summed E-state index contributed by atoms with van der Waals surface area (Å²) in [5.74, 6) is -0.226. The van der Waals surface area contributed by atoms with Crippen LogP contribution in [0.25, 0.3) is 0 Å². The van der Waals surface area contributed by atoms with Crippen LogP contribution in [0.5, 0.6) is 5.75 Å². The van der Waals surface area contributed by atoms with Gasteiger partial charge in [-0.05, 0) is 42.8 Å². The molecule has 0 radical (unpaired) electrons. The molecule has 0 saturated heterocycles. The zero-order valence-electron chi connectivity index (χ0n) is 11.1. The Bertz CT molecular complexity index is 715. The summed E-state index contributed by atoms with van der Waals surface area (Å²) in [4.78, 5) is 11.9. The van der Waals surface area contributed by atoms with Gasteiger partial charge < -0.3 is 5.11 Å². The van der Waals surface area contributed by atoms with Gasteiger partial charge >= 0.3 is 0 Å². The molecule has 0 aliphatic heterocycles. The number of phenolic OH excluding ortho intramolecular Hbond substituents is 1. The number of halogens is 2. The first-order valence-electron chi connectivity index (χ1n) is 6.05. The minimum atomic E-state index is -0.318. The molecule has 0 atom stereocenters. The molecule has 0 spiro atoms. The Morgan fingerprint density at radius 3 is 2.71 bits per heavy atom. The van der Waals surface area contributed by atoms with Crippen molar-refractivity contribution >= 4 is 44.0 Å². The van der Waals surface area contributed by atoms with Crippen molar-refractivity contribution in [1.82, 2.24) is 5.43 Å². The molecule has 0 bridgehead atoms. The van der Waals surface area contributed by atoms with E-state index in [1.165, 1.54) is 6.21 Å². The highest BCUT2D eigenvalue weighted by molar-refractivity contribution is 9.10. The van der Waals surface area contributed by atoms with E-state index in [2.05, 4.69) is 42.4 Å². The van der Waals surface area contributed by atoms with Crippen LogP contribution in [0.2, 0.25) is 0 Å². The average molecular weight is 412 g/mol. The van der Waals surface area contributed by atoms with Gasteiger partial charge in [0, 0.05) is 20.1 Å². The average Bonchev–Trinajstić information content (AvgIpc) is 2.45. The van der Waals surface area contributed by atoms with Gasteiger partial charge in [-0.2, -0.15) is 5.10 Å². The molecular weight excluding hydrogens is 400 g/mol. The van der Waals surface area contributed by atoms with Gasteiger partial charge in [-0.1, -0.05) is 37.9 Å². The first kappa shape index (κ1) is 15.7. The topological polar surface area (TPSA) is 61.7 Å². The highest BCUT2D eigenvalue weighted by Crippen LogP contribution is 2.20. The summed E-state index contributed by atoms with van der Waals surface area (Å²) in [6.07, 6.45) is 1.39. The fourth-order valence-corrected chi connectivity index (χ4v) is 2.35. The SMILES string of the molecule is Cc1ccc(C(=O)NN=Cc2cc(Br)ccc2O)cc1Br. The number of hydrogen-bond donors (Lipinski definition) is 2. The lowest BCUT2D eigenvalue weighted by Crippen LogP contribution is -2.17. The van der Waals surface area contributed by atoms with Gasteiger partial charge in [0.05, 0.1) is 6.21 Å². The molecule has 108 valence electrons. The lowest BCUT2D eigenvalue weighted by Gasteiger charge is -2.03. The lowest BCUT2D eigenvalue weighted by molar-refractivity contribution is 0.0955. The molecule has 1 amide bonds. The number of aromatic hydroxyl groups is 1. The van der Waals surface area contributed by atoms with E-state index in [0.29, 0.717) is 11.1 Å². The summed E-state index contributed by atoms with van der Waals surface area (Å²) in [6, 6.07) is 10.3. The summed E-state index contributed by atoms with van der Waals surface area (Å²) in [7, 11) is 0. The van der Waals surface area contributed by atoms with Gasteiger partial charge in [0.1, 0.15) is 5.75 Å². The monoisotopic (exact) mass is 410 g/mol. The van der Waals surface area contributed by atoms with Crippen molar-refractivity contribution in [2.24, 2.45) is 5.10 Å². The largest absolute Gasteiger partial charge is 0.507 e. The maximum absolute atomic E-state index is 11.9. The third-order valence-electron chi connectivity index (χ3n) is 2.79. The quantitative estimate of drug-likeness (QED) is 0.592. The molecule has 6 heteroatoms. The highest BCUT2D eigenvalue weighted by Gasteiger charge is 2.06. The van der Waals surface area contributed by atoms with Crippen LogP contribution in [0, 0.1) is 6.92 Å². The van der Waals surface area contributed by atoms with Crippen LogP contribution >= 0.6 is 31.9 Å². The van der Waals surface area contributed by atoms with Crippen molar-refractivity contribution in [2.45, 2.75) is 6.92 Å². The molecule has 21 heavy (non-hydrogen) atoms. The number of phenols is 1. The summed E-state index contributed by atoms with van der Waals surface area (Å²) < 4.78 is 1.68. The Balaban J connectivity index is 2.08. The van der Waals surface area contributed by atoms with Crippen molar-refractivity contribution in [1.29, 1.82) is 0 Å². The fraction of sp³-hybridized carbons (Fsp3) is 0.0667. The molecule has 0 heterocycles. The minimum Gasteiger partial charge on any atom is -0.507 e. The Hall–Kier alpha value is -1.66. The number of amides is 1.